The maximum Gasteiger partial charge on any atom is 0.407 e. The molecule has 0 saturated carbocycles. The number of nitrogens with one attached hydrogen (secondary N) is 1. The van der Waals surface area contributed by atoms with Crippen molar-refractivity contribution in [2.24, 2.45) is 0 Å². The highest BCUT2D eigenvalue weighted by molar-refractivity contribution is 5.79. The molecule has 0 saturated heterocycles. The summed E-state index contributed by atoms with van der Waals surface area (Å²) in [6.07, 6.45) is 0.871. The molecular weight excluding hydrogens is 174 g/mol. The second-order valence-corrected chi connectivity index (χ2v) is 2.28. The fourth-order valence-electron chi connectivity index (χ4n) is 0.703. The van der Waals surface area contributed by atoms with Crippen LogP contribution in [0.15, 0.2) is 12.7 Å². The van der Waals surface area contributed by atoms with Crippen LogP contribution < -0.4 is 5.32 Å². The van der Waals surface area contributed by atoms with E-state index < -0.39 is 18.1 Å². The van der Waals surface area contributed by atoms with Gasteiger partial charge in [0.2, 0.25) is 0 Å². The van der Waals surface area contributed by atoms with Gasteiger partial charge in [0.1, 0.15) is 6.04 Å². The third-order valence-corrected chi connectivity index (χ3v) is 1.27. The zero-order chi connectivity index (χ0) is 10.3. The van der Waals surface area contributed by atoms with Gasteiger partial charge >= 0.3 is 12.1 Å². The van der Waals surface area contributed by atoms with Gasteiger partial charge in [0.15, 0.2) is 0 Å². The van der Waals surface area contributed by atoms with E-state index in [1.165, 1.54) is 6.08 Å². The summed E-state index contributed by atoms with van der Waals surface area (Å²) >= 11 is 0. The average molecular weight is 187 g/mol. The Morgan fingerprint density at radius 2 is 2.31 bits per heavy atom. The molecule has 0 radical (unpaired) electrons. The molecule has 0 aliphatic rings. The fourth-order valence-corrected chi connectivity index (χ4v) is 0.703. The zero-order valence-electron chi connectivity index (χ0n) is 7.45. The number of carboxylic acid groups (broad SMARTS) is 1. The molecule has 0 spiro atoms. The van der Waals surface area contributed by atoms with Crippen molar-refractivity contribution >= 4 is 12.1 Å². The van der Waals surface area contributed by atoms with Gasteiger partial charge in [-0.3, -0.25) is 0 Å². The third-order valence-electron chi connectivity index (χ3n) is 1.27. The summed E-state index contributed by atoms with van der Waals surface area (Å²) in [4.78, 5) is 21.3. The third kappa shape index (κ3) is 4.84. The molecule has 0 aromatic rings. The summed E-state index contributed by atoms with van der Waals surface area (Å²) in [6.45, 7) is 5.24. The Labute approximate surface area is 76.4 Å². The second-order valence-electron chi connectivity index (χ2n) is 2.28. The highest BCUT2D eigenvalue weighted by Gasteiger charge is 2.18. The lowest BCUT2D eigenvalue weighted by Gasteiger charge is -2.11. The molecule has 1 unspecified atom stereocenters. The maximum absolute atomic E-state index is 10.8. The van der Waals surface area contributed by atoms with Crippen molar-refractivity contribution in [2.75, 3.05) is 6.61 Å². The van der Waals surface area contributed by atoms with Gasteiger partial charge < -0.3 is 15.2 Å². The van der Waals surface area contributed by atoms with Gasteiger partial charge in [-0.2, -0.15) is 0 Å². The van der Waals surface area contributed by atoms with Crippen molar-refractivity contribution in [1.82, 2.24) is 5.32 Å². The van der Waals surface area contributed by atoms with Crippen LogP contribution in [0.3, 0.4) is 0 Å². The molecule has 0 fully saturated rings. The number of hydrogen-bond donors (Lipinski definition) is 2. The minimum absolute atomic E-state index is 0.175. The summed E-state index contributed by atoms with van der Waals surface area (Å²) < 4.78 is 4.52. The van der Waals surface area contributed by atoms with E-state index in [1.807, 2.05) is 0 Å². The summed E-state index contributed by atoms with van der Waals surface area (Å²) in [7, 11) is 0. The highest BCUT2D eigenvalue weighted by Crippen LogP contribution is 1.93. The van der Waals surface area contributed by atoms with Crippen LogP contribution in [0.1, 0.15) is 13.3 Å². The number of alkyl carbamates (subject to hydrolysis) is 1. The minimum Gasteiger partial charge on any atom is -0.480 e. The van der Waals surface area contributed by atoms with Crippen LogP contribution >= 0.6 is 0 Å². The fraction of sp³-hybridized carbons (Fsp3) is 0.500. The Morgan fingerprint density at radius 1 is 1.69 bits per heavy atom. The largest absolute Gasteiger partial charge is 0.480 e. The second kappa shape index (κ2) is 6.05. The van der Waals surface area contributed by atoms with Gasteiger partial charge in [0.25, 0.3) is 0 Å². The van der Waals surface area contributed by atoms with E-state index in [2.05, 4.69) is 16.6 Å². The summed E-state index contributed by atoms with van der Waals surface area (Å²) in [5.74, 6) is -1.10. The Bertz CT molecular complexity index is 202. The minimum atomic E-state index is -1.10. The number of rotatable bonds is 5. The van der Waals surface area contributed by atoms with E-state index in [1.54, 1.807) is 6.92 Å². The summed E-state index contributed by atoms with van der Waals surface area (Å²) in [6, 6.07) is -0.962. The molecule has 1 atom stereocenters. The van der Waals surface area contributed by atoms with E-state index in [0.717, 1.165) is 0 Å². The van der Waals surface area contributed by atoms with Crippen LogP contribution in [0.4, 0.5) is 4.79 Å². The first-order chi connectivity index (χ1) is 6.11. The van der Waals surface area contributed by atoms with Crippen LogP contribution in [-0.2, 0) is 9.53 Å². The Hall–Kier alpha value is -1.52. The van der Waals surface area contributed by atoms with E-state index in [9.17, 15) is 9.59 Å². The van der Waals surface area contributed by atoms with Gasteiger partial charge in [-0.25, -0.2) is 9.59 Å². The molecule has 0 aliphatic carbocycles. The lowest BCUT2D eigenvalue weighted by Crippen LogP contribution is -2.40. The van der Waals surface area contributed by atoms with E-state index in [0.29, 0.717) is 0 Å². The first kappa shape index (κ1) is 11.5. The maximum atomic E-state index is 10.8. The van der Waals surface area contributed by atoms with E-state index in [4.69, 9.17) is 5.11 Å². The smallest absolute Gasteiger partial charge is 0.407 e. The predicted molar refractivity (Wildman–Crippen MR) is 46.4 cm³/mol. The van der Waals surface area contributed by atoms with Gasteiger partial charge in [-0.15, -0.1) is 6.58 Å². The van der Waals surface area contributed by atoms with Gasteiger partial charge in [-0.1, -0.05) is 6.08 Å². The summed E-state index contributed by atoms with van der Waals surface area (Å²) in [5.41, 5.74) is 0. The summed E-state index contributed by atoms with van der Waals surface area (Å²) in [5, 5.41) is 10.8. The Balaban J connectivity index is 4.01. The topological polar surface area (TPSA) is 75.6 Å². The molecule has 0 aromatic heterocycles. The van der Waals surface area contributed by atoms with Crippen molar-refractivity contribution < 1.29 is 19.4 Å². The molecule has 1 amide bonds. The van der Waals surface area contributed by atoms with Crippen molar-refractivity contribution in [3.8, 4) is 0 Å². The SMILES string of the molecule is C=CCC(NC(=O)OCC)C(=O)O. The van der Waals surface area contributed by atoms with Crippen LogP contribution in [-0.4, -0.2) is 29.8 Å². The molecule has 0 bridgehead atoms. The van der Waals surface area contributed by atoms with Crippen LogP contribution in [0, 0.1) is 0 Å². The van der Waals surface area contributed by atoms with Crippen molar-refractivity contribution in [3.63, 3.8) is 0 Å². The van der Waals surface area contributed by atoms with Crippen molar-refractivity contribution in [3.05, 3.63) is 12.7 Å². The van der Waals surface area contributed by atoms with Crippen LogP contribution in [0.2, 0.25) is 0 Å². The van der Waals surface area contributed by atoms with E-state index in [-0.39, 0.29) is 13.0 Å². The number of amides is 1. The molecular formula is C8H13NO4. The number of aliphatic carboxylic acids is 1. The number of carbonyl (C=O) groups excluding carboxylic acids is 1. The molecule has 0 heterocycles. The standard InChI is InChI=1S/C8H13NO4/c1-3-5-6(7(10)11)9-8(12)13-4-2/h3,6H,1,4-5H2,2H3,(H,9,12)(H,10,11). The van der Waals surface area contributed by atoms with Gasteiger partial charge in [0.05, 0.1) is 6.61 Å². The molecule has 5 nitrogen and oxygen atoms in total. The van der Waals surface area contributed by atoms with Crippen molar-refractivity contribution in [2.45, 2.75) is 19.4 Å². The molecule has 5 heteroatoms. The Morgan fingerprint density at radius 3 is 2.69 bits per heavy atom. The molecule has 0 aliphatic heterocycles. The number of carbonyl (C=O) groups is 2. The molecule has 13 heavy (non-hydrogen) atoms. The first-order valence-corrected chi connectivity index (χ1v) is 3.88. The average Bonchev–Trinajstić information content (AvgIpc) is 2.04. The molecule has 0 aromatic carbocycles. The van der Waals surface area contributed by atoms with Gasteiger partial charge in [0, 0.05) is 0 Å². The quantitative estimate of drug-likeness (QED) is 0.623. The van der Waals surface area contributed by atoms with Crippen LogP contribution in [0.25, 0.3) is 0 Å². The predicted octanol–water partition coefficient (Wildman–Crippen LogP) is 0.762. The number of hydrogen-bond acceptors (Lipinski definition) is 3. The molecule has 0 rings (SSSR count). The molecule has 74 valence electrons. The monoisotopic (exact) mass is 187 g/mol. The first-order valence-electron chi connectivity index (χ1n) is 3.88. The van der Waals surface area contributed by atoms with Crippen LogP contribution in [0.5, 0.6) is 0 Å². The lowest BCUT2D eigenvalue weighted by molar-refractivity contribution is -0.139. The van der Waals surface area contributed by atoms with Crippen molar-refractivity contribution in [1.29, 1.82) is 0 Å². The highest BCUT2D eigenvalue weighted by atomic mass is 16.5. The molecule has 2 N–H and O–H groups in total. The lowest BCUT2D eigenvalue weighted by atomic mass is 10.2. The van der Waals surface area contributed by atoms with Gasteiger partial charge in [-0.05, 0) is 13.3 Å². The number of ether oxygens (including phenoxy) is 1. The zero-order valence-corrected chi connectivity index (χ0v) is 7.45. The van der Waals surface area contributed by atoms with E-state index >= 15 is 0 Å². The normalized spacial score (nSPS) is 11.5. The number of carboxylic acids is 1. The Kier molecular flexibility index (Phi) is 5.34.